The highest BCUT2D eigenvalue weighted by Gasteiger charge is 2.04. The SMILES string of the molecule is NCCCSCc1ccc(-c2ccc(Br)cc2)o1. The smallest absolute Gasteiger partial charge is 0.134 e. The lowest BCUT2D eigenvalue weighted by atomic mass is 10.2. The van der Waals surface area contributed by atoms with Crippen LogP contribution in [-0.2, 0) is 5.75 Å². The fourth-order valence-electron chi connectivity index (χ4n) is 1.58. The Bertz CT molecular complexity index is 481. The predicted octanol–water partition coefficient (Wildman–Crippen LogP) is 4.29. The van der Waals surface area contributed by atoms with Crippen molar-refractivity contribution in [3.05, 3.63) is 46.6 Å². The second-order valence-electron chi connectivity index (χ2n) is 3.97. The molecule has 0 radical (unpaired) electrons. The third-order valence-electron chi connectivity index (χ3n) is 2.53. The first kappa shape index (κ1) is 13.7. The molecule has 0 atom stereocenters. The molecule has 4 heteroatoms. The van der Waals surface area contributed by atoms with Gasteiger partial charge in [-0.05, 0) is 43.0 Å². The molecule has 0 unspecified atom stereocenters. The average molecular weight is 326 g/mol. The first-order valence-electron chi connectivity index (χ1n) is 5.92. The molecule has 0 aliphatic rings. The Kier molecular flexibility index (Phi) is 5.35. The lowest BCUT2D eigenvalue weighted by Crippen LogP contribution is -1.99. The minimum atomic E-state index is 0.759. The highest BCUT2D eigenvalue weighted by atomic mass is 79.9. The van der Waals surface area contributed by atoms with Crippen LogP contribution < -0.4 is 5.73 Å². The standard InChI is InChI=1S/C14H16BrNOS/c15-12-4-2-11(3-5-12)14-7-6-13(17-14)10-18-9-1-8-16/h2-7H,1,8-10,16H2. The van der Waals surface area contributed by atoms with Crippen molar-refractivity contribution in [1.29, 1.82) is 0 Å². The normalized spacial score (nSPS) is 10.8. The van der Waals surface area contributed by atoms with Gasteiger partial charge in [0.2, 0.25) is 0 Å². The van der Waals surface area contributed by atoms with E-state index in [9.17, 15) is 0 Å². The number of halogens is 1. The van der Waals surface area contributed by atoms with Crippen molar-refractivity contribution in [1.82, 2.24) is 0 Å². The summed E-state index contributed by atoms with van der Waals surface area (Å²) in [6.45, 7) is 0.759. The second-order valence-corrected chi connectivity index (χ2v) is 5.99. The van der Waals surface area contributed by atoms with Crippen LogP contribution in [0.5, 0.6) is 0 Å². The predicted molar refractivity (Wildman–Crippen MR) is 81.7 cm³/mol. The second kappa shape index (κ2) is 7.02. The molecule has 0 spiro atoms. The van der Waals surface area contributed by atoms with Crippen molar-refractivity contribution in [3.63, 3.8) is 0 Å². The lowest BCUT2D eigenvalue weighted by Gasteiger charge is -1.99. The van der Waals surface area contributed by atoms with Crippen LogP contribution in [-0.4, -0.2) is 12.3 Å². The molecular formula is C14H16BrNOS. The van der Waals surface area contributed by atoms with Gasteiger partial charge in [0.05, 0.1) is 5.75 Å². The Hall–Kier alpha value is -0.710. The van der Waals surface area contributed by atoms with Gasteiger partial charge in [0.25, 0.3) is 0 Å². The van der Waals surface area contributed by atoms with E-state index in [-0.39, 0.29) is 0 Å². The molecule has 0 aliphatic heterocycles. The monoisotopic (exact) mass is 325 g/mol. The Balaban J connectivity index is 1.95. The van der Waals surface area contributed by atoms with Gasteiger partial charge in [-0.1, -0.05) is 28.1 Å². The van der Waals surface area contributed by atoms with Crippen LogP contribution >= 0.6 is 27.7 Å². The third-order valence-corrected chi connectivity index (χ3v) is 4.12. The number of hydrogen-bond donors (Lipinski definition) is 1. The number of hydrogen-bond acceptors (Lipinski definition) is 3. The van der Waals surface area contributed by atoms with Crippen molar-refractivity contribution in [3.8, 4) is 11.3 Å². The van der Waals surface area contributed by atoms with Gasteiger partial charge in [0, 0.05) is 10.0 Å². The van der Waals surface area contributed by atoms with E-state index in [1.807, 2.05) is 48.2 Å². The van der Waals surface area contributed by atoms with Gasteiger partial charge < -0.3 is 10.2 Å². The summed E-state index contributed by atoms with van der Waals surface area (Å²) >= 11 is 5.29. The number of nitrogens with two attached hydrogens (primary N) is 1. The molecule has 2 rings (SSSR count). The zero-order valence-corrected chi connectivity index (χ0v) is 12.5. The molecule has 1 aromatic carbocycles. The first-order valence-corrected chi connectivity index (χ1v) is 7.87. The largest absolute Gasteiger partial charge is 0.460 e. The topological polar surface area (TPSA) is 39.2 Å². The maximum atomic E-state index is 5.82. The fourth-order valence-corrected chi connectivity index (χ4v) is 2.72. The molecule has 1 aromatic heterocycles. The molecule has 0 saturated heterocycles. The van der Waals surface area contributed by atoms with Crippen LogP contribution in [0, 0.1) is 0 Å². The molecule has 0 aliphatic carbocycles. The van der Waals surface area contributed by atoms with E-state index in [0.29, 0.717) is 0 Å². The fraction of sp³-hybridized carbons (Fsp3) is 0.286. The summed E-state index contributed by atoms with van der Waals surface area (Å²) in [4.78, 5) is 0. The summed E-state index contributed by atoms with van der Waals surface area (Å²) in [5, 5.41) is 0. The minimum Gasteiger partial charge on any atom is -0.460 e. The number of thioether (sulfide) groups is 1. The van der Waals surface area contributed by atoms with Crippen molar-refractivity contribution in [2.45, 2.75) is 12.2 Å². The van der Waals surface area contributed by atoms with Gasteiger partial charge in [0.15, 0.2) is 0 Å². The average Bonchev–Trinajstić information content (AvgIpc) is 2.84. The number of rotatable bonds is 6. The van der Waals surface area contributed by atoms with Gasteiger partial charge in [-0.15, -0.1) is 0 Å². The molecule has 0 fully saturated rings. The van der Waals surface area contributed by atoms with Crippen molar-refractivity contribution in [2.75, 3.05) is 12.3 Å². The van der Waals surface area contributed by atoms with Crippen LogP contribution in [0.15, 0.2) is 45.3 Å². The van der Waals surface area contributed by atoms with Gasteiger partial charge in [0.1, 0.15) is 11.5 Å². The molecule has 2 aromatic rings. The Labute approximate surface area is 120 Å². The molecule has 2 nitrogen and oxygen atoms in total. The lowest BCUT2D eigenvalue weighted by molar-refractivity contribution is 0.544. The quantitative estimate of drug-likeness (QED) is 0.805. The van der Waals surface area contributed by atoms with Crippen molar-refractivity contribution < 1.29 is 4.42 Å². The van der Waals surface area contributed by atoms with Crippen LogP contribution in [0.1, 0.15) is 12.2 Å². The molecule has 96 valence electrons. The molecule has 0 saturated carbocycles. The van der Waals surface area contributed by atoms with Crippen LogP contribution in [0.3, 0.4) is 0 Å². The van der Waals surface area contributed by atoms with Gasteiger partial charge in [-0.2, -0.15) is 11.8 Å². The van der Waals surface area contributed by atoms with E-state index in [1.165, 1.54) is 0 Å². The Morgan fingerprint density at radius 3 is 2.61 bits per heavy atom. The number of furan rings is 1. The zero-order valence-electron chi connectivity index (χ0n) is 10.1. The molecule has 1 heterocycles. The third kappa shape index (κ3) is 3.90. The highest BCUT2D eigenvalue weighted by Crippen LogP contribution is 2.25. The van der Waals surface area contributed by atoms with Crippen LogP contribution in [0.2, 0.25) is 0 Å². The van der Waals surface area contributed by atoms with E-state index >= 15 is 0 Å². The molecular weight excluding hydrogens is 310 g/mol. The highest BCUT2D eigenvalue weighted by molar-refractivity contribution is 9.10. The van der Waals surface area contributed by atoms with Crippen LogP contribution in [0.25, 0.3) is 11.3 Å². The number of benzene rings is 1. The summed E-state index contributed by atoms with van der Waals surface area (Å²) in [5.74, 6) is 3.95. The summed E-state index contributed by atoms with van der Waals surface area (Å²) in [7, 11) is 0. The maximum Gasteiger partial charge on any atom is 0.134 e. The molecule has 2 N–H and O–H groups in total. The van der Waals surface area contributed by atoms with E-state index < -0.39 is 0 Å². The summed E-state index contributed by atoms with van der Waals surface area (Å²) in [5.41, 5.74) is 6.57. The zero-order chi connectivity index (χ0) is 12.8. The molecule has 0 bridgehead atoms. The Morgan fingerprint density at radius 2 is 1.89 bits per heavy atom. The van der Waals surface area contributed by atoms with Crippen molar-refractivity contribution >= 4 is 27.7 Å². The van der Waals surface area contributed by atoms with E-state index in [1.54, 1.807) is 0 Å². The van der Waals surface area contributed by atoms with E-state index in [2.05, 4.69) is 15.9 Å². The van der Waals surface area contributed by atoms with Gasteiger partial charge in [-0.3, -0.25) is 0 Å². The van der Waals surface area contributed by atoms with Crippen LogP contribution in [0.4, 0.5) is 0 Å². The van der Waals surface area contributed by atoms with Gasteiger partial charge in [-0.25, -0.2) is 0 Å². The summed E-state index contributed by atoms with van der Waals surface area (Å²) in [6, 6.07) is 12.2. The Morgan fingerprint density at radius 1 is 1.11 bits per heavy atom. The molecule has 18 heavy (non-hydrogen) atoms. The first-order chi connectivity index (χ1) is 8.79. The summed E-state index contributed by atoms with van der Waals surface area (Å²) in [6.07, 6.45) is 1.06. The van der Waals surface area contributed by atoms with E-state index in [4.69, 9.17) is 10.2 Å². The van der Waals surface area contributed by atoms with Crippen molar-refractivity contribution in [2.24, 2.45) is 5.73 Å². The maximum absolute atomic E-state index is 5.82. The molecule has 0 amide bonds. The van der Waals surface area contributed by atoms with Gasteiger partial charge >= 0.3 is 0 Å². The summed E-state index contributed by atoms with van der Waals surface area (Å²) < 4.78 is 6.90. The van der Waals surface area contributed by atoms with E-state index in [0.717, 1.165) is 46.0 Å². The minimum absolute atomic E-state index is 0.759.